The lowest BCUT2D eigenvalue weighted by Gasteiger charge is -2.14. The predicted octanol–water partition coefficient (Wildman–Crippen LogP) is 2.80. The van der Waals surface area contributed by atoms with Crippen LogP contribution in [-0.4, -0.2) is 17.1 Å². The molecule has 1 aromatic carbocycles. The minimum absolute atomic E-state index is 0.229. The zero-order valence-electron chi connectivity index (χ0n) is 12.7. The summed E-state index contributed by atoms with van der Waals surface area (Å²) in [5, 5.41) is 0.555. The van der Waals surface area contributed by atoms with Gasteiger partial charge < -0.3 is 10.5 Å². The van der Waals surface area contributed by atoms with E-state index < -0.39 is 6.04 Å². The van der Waals surface area contributed by atoms with E-state index in [2.05, 4.69) is 0 Å². The minimum atomic E-state index is -0.539. The van der Waals surface area contributed by atoms with Gasteiger partial charge in [-0.25, -0.2) is 4.79 Å². The normalized spacial score (nSPS) is 16.2. The molecular formula is C17H17ClN2O3. The Morgan fingerprint density at radius 3 is 2.91 bits per heavy atom. The number of nitrogens with two attached hydrogens (primary N) is 1. The number of hydrogen-bond donors (Lipinski definition) is 1. The van der Waals surface area contributed by atoms with E-state index in [9.17, 15) is 9.59 Å². The van der Waals surface area contributed by atoms with Crippen molar-refractivity contribution in [3.8, 4) is 11.1 Å². The fourth-order valence-electron chi connectivity index (χ4n) is 2.99. The molecule has 3 rings (SSSR count). The summed E-state index contributed by atoms with van der Waals surface area (Å²) in [6.07, 6.45) is 1.22. The maximum absolute atomic E-state index is 12.5. The molecule has 2 N–H and O–H groups in total. The number of carbonyl (C=O) groups is 1. The number of esters is 1. The molecule has 0 saturated carbocycles. The van der Waals surface area contributed by atoms with Crippen molar-refractivity contribution in [2.24, 2.45) is 0 Å². The predicted molar refractivity (Wildman–Crippen MR) is 89.6 cm³/mol. The number of nitrogens with zero attached hydrogens (tertiary/aromatic N) is 1. The van der Waals surface area contributed by atoms with Gasteiger partial charge in [-0.05, 0) is 49.6 Å². The third-order valence-electron chi connectivity index (χ3n) is 4.02. The lowest BCUT2D eigenvalue weighted by molar-refractivity contribution is -0.147. The zero-order valence-corrected chi connectivity index (χ0v) is 13.5. The largest absolute Gasteiger partial charge is 0.464 e. The van der Waals surface area contributed by atoms with Crippen LogP contribution in [0.3, 0.4) is 0 Å². The number of ether oxygens (including phenoxy) is 1. The van der Waals surface area contributed by atoms with E-state index in [1.165, 1.54) is 10.6 Å². The van der Waals surface area contributed by atoms with Crippen LogP contribution in [0.15, 0.2) is 35.1 Å². The second kappa shape index (κ2) is 6.08. The number of carbonyl (C=O) groups excluding carboxylic acids is 1. The third-order valence-corrected chi connectivity index (χ3v) is 4.25. The summed E-state index contributed by atoms with van der Waals surface area (Å²) in [7, 11) is 0. The molecule has 2 heterocycles. The van der Waals surface area contributed by atoms with Crippen LogP contribution >= 0.6 is 11.6 Å². The molecular weight excluding hydrogens is 316 g/mol. The number of fused-ring (bicyclic) bond motifs is 1. The second-order valence-corrected chi connectivity index (χ2v) is 5.92. The van der Waals surface area contributed by atoms with Crippen molar-refractivity contribution in [2.75, 3.05) is 12.3 Å². The van der Waals surface area contributed by atoms with Crippen LogP contribution in [0.4, 0.5) is 5.69 Å². The van der Waals surface area contributed by atoms with Crippen molar-refractivity contribution in [1.82, 2.24) is 4.57 Å². The molecule has 6 heteroatoms. The molecule has 0 saturated heterocycles. The van der Waals surface area contributed by atoms with Crippen molar-refractivity contribution in [3.63, 3.8) is 0 Å². The van der Waals surface area contributed by atoms with Crippen molar-refractivity contribution in [1.29, 1.82) is 0 Å². The maximum atomic E-state index is 12.5. The number of hydrogen-bond acceptors (Lipinski definition) is 4. The molecule has 23 heavy (non-hydrogen) atoms. The van der Waals surface area contributed by atoms with Crippen molar-refractivity contribution in [2.45, 2.75) is 25.8 Å². The lowest BCUT2D eigenvalue weighted by atomic mass is 10.0. The standard InChI is InChI=1S/C17H17ClN2O3/c1-2-23-17(22)15-6-4-12-7-10(8-16(21)20(12)15)13-9-11(18)3-5-14(13)19/h3,5,7-9,15H,2,4,6,19H2,1H3. The molecule has 2 aromatic rings. The summed E-state index contributed by atoms with van der Waals surface area (Å²) in [4.78, 5) is 24.5. The highest BCUT2D eigenvalue weighted by molar-refractivity contribution is 6.31. The highest BCUT2D eigenvalue weighted by Gasteiger charge is 2.30. The van der Waals surface area contributed by atoms with Gasteiger partial charge >= 0.3 is 5.97 Å². The Balaban J connectivity index is 2.06. The number of anilines is 1. The van der Waals surface area contributed by atoms with Gasteiger partial charge in [-0.15, -0.1) is 0 Å². The average Bonchev–Trinajstić information content (AvgIpc) is 2.94. The Morgan fingerprint density at radius 1 is 1.39 bits per heavy atom. The van der Waals surface area contributed by atoms with Gasteiger partial charge in [0.15, 0.2) is 0 Å². The first-order chi connectivity index (χ1) is 11.0. The molecule has 1 aliphatic rings. The van der Waals surface area contributed by atoms with E-state index in [1.807, 2.05) is 6.07 Å². The molecule has 0 spiro atoms. The van der Waals surface area contributed by atoms with E-state index in [0.717, 1.165) is 11.3 Å². The Hall–Kier alpha value is -2.27. The van der Waals surface area contributed by atoms with Gasteiger partial charge in [0.05, 0.1) is 6.61 Å². The molecule has 0 fully saturated rings. The minimum Gasteiger partial charge on any atom is -0.464 e. The average molecular weight is 333 g/mol. The van der Waals surface area contributed by atoms with Crippen LogP contribution in [0.1, 0.15) is 25.1 Å². The van der Waals surface area contributed by atoms with Gasteiger partial charge in [0.25, 0.3) is 5.56 Å². The third kappa shape index (κ3) is 2.84. The number of aryl methyl sites for hydroxylation is 1. The SMILES string of the molecule is CCOC(=O)C1CCc2cc(-c3cc(Cl)ccc3N)cc(=O)n21. The number of aromatic nitrogens is 1. The van der Waals surface area contributed by atoms with Gasteiger partial charge in [0, 0.05) is 28.0 Å². The quantitative estimate of drug-likeness (QED) is 0.692. The van der Waals surface area contributed by atoms with Crippen LogP contribution < -0.4 is 11.3 Å². The van der Waals surface area contributed by atoms with Crippen LogP contribution in [0.5, 0.6) is 0 Å². The van der Waals surface area contributed by atoms with E-state index in [1.54, 1.807) is 25.1 Å². The van der Waals surface area contributed by atoms with Crippen LogP contribution in [0.25, 0.3) is 11.1 Å². The smallest absolute Gasteiger partial charge is 0.329 e. The first-order valence-electron chi connectivity index (χ1n) is 7.48. The maximum Gasteiger partial charge on any atom is 0.329 e. The Bertz CT molecular complexity index is 829. The molecule has 1 aromatic heterocycles. The summed E-state index contributed by atoms with van der Waals surface area (Å²) in [5.74, 6) is -0.358. The monoisotopic (exact) mass is 332 g/mol. The van der Waals surface area contributed by atoms with Crippen LogP contribution in [-0.2, 0) is 16.0 Å². The zero-order chi connectivity index (χ0) is 16.6. The van der Waals surface area contributed by atoms with Crippen molar-refractivity contribution >= 4 is 23.3 Å². The van der Waals surface area contributed by atoms with Crippen molar-refractivity contribution < 1.29 is 9.53 Å². The Kier molecular flexibility index (Phi) is 4.13. The summed E-state index contributed by atoms with van der Waals surface area (Å²) in [6, 6.07) is 8.00. The molecule has 5 nitrogen and oxygen atoms in total. The van der Waals surface area contributed by atoms with Gasteiger partial charge in [-0.3, -0.25) is 9.36 Å². The fraction of sp³-hybridized carbons (Fsp3) is 0.294. The molecule has 0 radical (unpaired) electrons. The van der Waals surface area contributed by atoms with Crippen LogP contribution in [0, 0.1) is 0 Å². The van der Waals surface area contributed by atoms with E-state index in [4.69, 9.17) is 22.1 Å². The highest BCUT2D eigenvalue weighted by atomic mass is 35.5. The van der Waals surface area contributed by atoms with Gasteiger partial charge in [-0.1, -0.05) is 11.6 Å². The number of pyridine rings is 1. The lowest BCUT2D eigenvalue weighted by Crippen LogP contribution is -2.28. The molecule has 1 unspecified atom stereocenters. The van der Waals surface area contributed by atoms with Gasteiger partial charge in [0.1, 0.15) is 6.04 Å². The summed E-state index contributed by atoms with van der Waals surface area (Å²) in [5.41, 5.74) is 8.56. The van der Waals surface area contributed by atoms with Crippen molar-refractivity contribution in [3.05, 3.63) is 51.4 Å². The number of rotatable bonds is 3. The molecule has 1 atom stereocenters. The molecule has 0 aliphatic carbocycles. The summed E-state index contributed by atoms with van der Waals surface area (Å²) < 4.78 is 6.57. The Labute approximate surface area is 138 Å². The van der Waals surface area contributed by atoms with E-state index in [0.29, 0.717) is 35.7 Å². The van der Waals surface area contributed by atoms with Gasteiger partial charge in [-0.2, -0.15) is 0 Å². The summed E-state index contributed by atoms with van der Waals surface area (Å²) >= 11 is 6.02. The topological polar surface area (TPSA) is 74.3 Å². The van der Waals surface area contributed by atoms with Gasteiger partial charge in [0.2, 0.25) is 0 Å². The first-order valence-corrected chi connectivity index (χ1v) is 7.86. The van der Waals surface area contributed by atoms with E-state index >= 15 is 0 Å². The molecule has 120 valence electrons. The van der Waals surface area contributed by atoms with E-state index in [-0.39, 0.29) is 11.5 Å². The first kappa shape index (κ1) is 15.6. The number of benzene rings is 1. The summed E-state index contributed by atoms with van der Waals surface area (Å²) in [6.45, 7) is 2.05. The highest BCUT2D eigenvalue weighted by Crippen LogP contribution is 2.32. The molecule has 1 aliphatic heterocycles. The Morgan fingerprint density at radius 2 is 2.17 bits per heavy atom. The second-order valence-electron chi connectivity index (χ2n) is 5.48. The fourth-order valence-corrected chi connectivity index (χ4v) is 3.16. The number of halogens is 1. The molecule has 0 bridgehead atoms. The number of nitrogen functional groups attached to an aromatic ring is 1. The van der Waals surface area contributed by atoms with Crippen LogP contribution in [0.2, 0.25) is 5.02 Å². The molecule has 0 amide bonds.